The molecule has 0 spiro atoms. The molecule has 2 rings (SSSR count). The third-order valence-electron chi connectivity index (χ3n) is 2.87. The monoisotopic (exact) mass is 293 g/mol. The first-order chi connectivity index (χ1) is 8.09. The van der Waals surface area contributed by atoms with E-state index in [1.54, 1.807) is 24.3 Å². The molecule has 0 aromatic heterocycles. The van der Waals surface area contributed by atoms with Crippen LogP contribution in [0.15, 0.2) is 40.9 Å². The molecule has 0 aliphatic carbocycles. The number of carbonyl (C=O) groups is 2. The lowest BCUT2D eigenvalue weighted by Crippen LogP contribution is -2.23. The fourth-order valence-corrected chi connectivity index (χ4v) is 2.14. The van der Waals surface area contributed by atoms with Gasteiger partial charge < -0.3 is 5.32 Å². The predicted octanol–water partition coefficient (Wildman–Crippen LogP) is 2.32. The maximum atomic E-state index is 12.1. The van der Waals surface area contributed by atoms with Crippen molar-refractivity contribution in [3.63, 3.8) is 0 Å². The highest BCUT2D eigenvalue weighted by Crippen LogP contribution is 2.22. The molecule has 1 unspecified atom stereocenters. The Hall–Kier alpha value is -1.42. The minimum atomic E-state index is -0.369. The average Bonchev–Trinajstić information content (AvgIpc) is 2.74. The normalized spacial score (nSPS) is 18.9. The highest BCUT2D eigenvalue weighted by atomic mass is 79.9. The van der Waals surface area contributed by atoms with Crippen molar-refractivity contribution in [1.82, 2.24) is 5.32 Å². The molecule has 1 saturated heterocycles. The Morgan fingerprint density at radius 3 is 2.53 bits per heavy atom. The summed E-state index contributed by atoms with van der Waals surface area (Å²) in [4.78, 5) is 23.6. The van der Waals surface area contributed by atoms with Gasteiger partial charge in [0.25, 0.3) is 0 Å². The molecular weight excluding hydrogens is 282 g/mol. The van der Waals surface area contributed by atoms with Gasteiger partial charge in [0.05, 0.1) is 5.92 Å². The maximum Gasteiger partial charge on any atom is 0.227 e. The second-order valence-corrected chi connectivity index (χ2v) is 4.91. The van der Waals surface area contributed by atoms with Gasteiger partial charge >= 0.3 is 0 Å². The summed E-state index contributed by atoms with van der Waals surface area (Å²) in [5.41, 5.74) is 0.945. The zero-order valence-electron chi connectivity index (χ0n) is 9.20. The summed E-state index contributed by atoms with van der Waals surface area (Å²) in [6, 6.07) is 7.05. The first kappa shape index (κ1) is 12.0. The van der Waals surface area contributed by atoms with Gasteiger partial charge in [0.2, 0.25) is 5.91 Å². The van der Waals surface area contributed by atoms with Gasteiger partial charge in [0, 0.05) is 22.2 Å². The third-order valence-corrected chi connectivity index (χ3v) is 3.40. The maximum absolute atomic E-state index is 12.1. The number of benzene rings is 1. The minimum Gasteiger partial charge on any atom is -0.356 e. The van der Waals surface area contributed by atoms with E-state index in [2.05, 4.69) is 27.8 Å². The topological polar surface area (TPSA) is 46.2 Å². The number of hydrogen-bond donors (Lipinski definition) is 1. The molecule has 0 bridgehead atoms. The van der Waals surface area contributed by atoms with E-state index in [-0.39, 0.29) is 17.6 Å². The summed E-state index contributed by atoms with van der Waals surface area (Å²) in [5.74, 6) is -0.619. The van der Waals surface area contributed by atoms with Crippen LogP contribution in [0, 0.1) is 5.92 Å². The van der Waals surface area contributed by atoms with Crippen LogP contribution in [0.2, 0.25) is 0 Å². The first-order valence-corrected chi connectivity index (χ1v) is 6.15. The predicted molar refractivity (Wildman–Crippen MR) is 68.7 cm³/mol. The Balaban J connectivity index is 2.17. The summed E-state index contributed by atoms with van der Waals surface area (Å²) >= 11 is 3.31. The second kappa shape index (κ2) is 4.84. The van der Waals surface area contributed by atoms with Crippen molar-refractivity contribution in [2.75, 3.05) is 6.54 Å². The standard InChI is InChI=1S/C13H12BrNO2/c1-8(11-6-7-15-13(11)17)12(16)9-2-4-10(14)5-3-9/h2-5,11H,1,6-7H2,(H,15,17). The zero-order valence-corrected chi connectivity index (χ0v) is 10.8. The molecule has 0 radical (unpaired) electrons. The molecule has 0 saturated carbocycles. The number of hydrogen-bond acceptors (Lipinski definition) is 2. The lowest BCUT2D eigenvalue weighted by atomic mass is 9.92. The molecule has 1 atom stereocenters. The highest BCUT2D eigenvalue weighted by molar-refractivity contribution is 9.10. The summed E-state index contributed by atoms with van der Waals surface area (Å²) < 4.78 is 0.915. The molecule has 1 N–H and O–H groups in total. The molecule has 1 aromatic carbocycles. The molecule has 1 aliphatic heterocycles. The highest BCUT2D eigenvalue weighted by Gasteiger charge is 2.30. The summed E-state index contributed by atoms with van der Waals surface area (Å²) in [7, 11) is 0. The fourth-order valence-electron chi connectivity index (χ4n) is 1.87. The molecule has 88 valence electrons. The Kier molecular flexibility index (Phi) is 3.43. The van der Waals surface area contributed by atoms with Crippen LogP contribution in [-0.4, -0.2) is 18.2 Å². The fraction of sp³-hybridized carbons (Fsp3) is 0.231. The van der Waals surface area contributed by atoms with Crippen molar-refractivity contribution in [3.8, 4) is 0 Å². The largest absolute Gasteiger partial charge is 0.356 e. The molecular formula is C13H12BrNO2. The smallest absolute Gasteiger partial charge is 0.227 e. The SMILES string of the molecule is C=C(C(=O)c1ccc(Br)cc1)C1CCNC1=O. The zero-order chi connectivity index (χ0) is 12.4. The van der Waals surface area contributed by atoms with Crippen molar-refractivity contribution in [2.24, 2.45) is 5.92 Å². The van der Waals surface area contributed by atoms with Crippen LogP contribution >= 0.6 is 15.9 Å². The van der Waals surface area contributed by atoms with E-state index in [1.165, 1.54) is 0 Å². The number of halogens is 1. The van der Waals surface area contributed by atoms with Crippen molar-refractivity contribution in [1.29, 1.82) is 0 Å². The second-order valence-electron chi connectivity index (χ2n) is 3.99. The lowest BCUT2D eigenvalue weighted by molar-refractivity contribution is -0.121. The van der Waals surface area contributed by atoms with E-state index in [1.807, 2.05) is 0 Å². The minimum absolute atomic E-state index is 0.0968. The molecule has 4 heteroatoms. The average molecular weight is 294 g/mol. The first-order valence-electron chi connectivity index (χ1n) is 5.36. The molecule has 1 aromatic rings. The van der Waals surface area contributed by atoms with Crippen LogP contribution in [0.3, 0.4) is 0 Å². The van der Waals surface area contributed by atoms with Gasteiger partial charge in [-0.3, -0.25) is 9.59 Å². The Labute approximate surface area is 108 Å². The number of amides is 1. The van der Waals surface area contributed by atoms with Gasteiger partial charge in [-0.15, -0.1) is 0 Å². The summed E-state index contributed by atoms with van der Waals surface area (Å²) in [6.45, 7) is 4.38. The Morgan fingerprint density at radius 2 is 2.00 bits per heavy atom. The van der Waals surface area contributed by atoms with E-state index in [4.69, 9.17) is 0 Å². The third kappa shape index (κ3) is 2.47. The summed E-state index contributed by atoms with van der Waals surface area (Å²) in [6.07, 6.45) is 0.653. The van der Waals surface area contributed by atoms with Gasteiger partial charge in [-0.1, -0.05) is 22.5 Å². The number of Topliss-reactive ketones (excluding diaryl/α,β-unsaturated/α-hetero) is 1. The van der Waals surface area contributed by atoms with Gasteiger partial charge in [-0.25, -0.2) is 0 Å². The molecule has 1 heterocycles. The van der Waals surface area contributed by atoms with Crippen LogP contribution in [0.25, 0.3) is 0 Å². The van der Waals surface area contributed by atoms with Gasteiger partial charge in [0.15, 0.2) is 5.78 Å². The number of rotatable bonds is 3. The Bertz CT molecular complexity index is 479. The quantitative estimate of drug-likeness (QED) is 0.687. The van der Waals surface area contributed by atoms with Crippen LogP contribution < -0.4 is 5.32 Å². The van der Waals surface area contributed by atoms with Crippen LogP contribution in [0.5, 0.6) is 0 Å². The van der Waals surface area contributed by atoms with E-state index in [9.17, 15) is 9.59 Å². The van der Waals surface area contributed by atoms with Gasteiger partial charge in [-0.05, 0) is 30.7 Å². The number of carbonyl (C=O) groups excluding carboxylic acids is 2. The van der Waals surface area contributed by atoms with Gasteiger partial charge in [0.1, 0.15) is 0 Å². The molecule has 1 fully saturated rings. The van der Waals surface area contributed by atoms with Gasteiger partial charge in [-0.2, -0.15) is 0 Å². The van der Waals surface area contributed by atoms with E-state index >= 15 is 0 Å². The van der Waals surface area contributed by atoms with Crippen molar-refractivity contribution >= 4 is 27.6 Å². The Morgan fingerprint density at radius 1 is 1.35 bits per heavy atom. The van der Waals surface area contributed by atoms with Crippen molar-refractivity contribution in [3.05, 3.63) is 46.5 Å². The van der Waals surface area contributed by atoms with E-state index < -0.39 is 0 Å². The van der Waals surface area contributed by atoms with Crippen molar-refractivity contribution in [2.45, 2.75) is 6.42 Å². The van der Waals surface area contributed by atoms with E-state index in [0.29, 0.717) is 24.1 Å². The molecule has 1 aliphatic rings. The van der Waals surface area contributed by atoms with Crippen LogP contribution in [-0.2, 0) is 4.79 Å². The number of nitrogens with one attached hydrogen (secondary N) is 1. The van der Waals surface area contributed by atoms with E-state index in [0.717, 1.165) is 4.47 Å². The molecule has 1 amide bonds. The number of ketones is 1. The van der Waals surface area contributed by atoms with Crippen LogP contribution in [0.1, 0.15) is 16.8 Å². The molecule has 17 heavy (non-hydrogen) atoms. The van der Waals surface area contributed by atoms with Crippen molar-refractivity contribution < 1.29 is 9.59 Å². The lowest BCUT2D eigenvalue weighted by Gasteiger charge is -2.09. The van der Waals surface area contributed by atoms with Crippen LogP contribution in [0.4, 0.5) is 0 Å². The summed E-state index contributed by atoms with van der Waals surface area (Å²) in [5, 5.41) is 2.71. The molecule has 3 nitrogen and oxygen atoms in total.